The van der Waals surface area contributed by atoms with Crippen molar-refractivity contribution in [3.05, 3.63) is 59.9 Å². The third-order valence-corrected chi connectivity index (χ3v) is 2.82. The molecule has 0 aliphatic rings. The second-order valence-corrected chi connectivity index (χ2v) is 4.37. The lowest BCUT2D eigenvalue weighted by Crippen LogP contribution is -2.06. The highest BCUT2D eigenvalue weighted by Gasteiger charge is 2.08. The topological polar surface area (TPSA) is 48.1 Å². The van der Waals surface area contributed by atoms with Gasteiger partial charge in [0.05, 0.1) is 5.69 Å². The summed E-state index contributed by atoms with van der Waals surface area (Å²) in [6.07, 6.45) is 1.71. The molecule has 3 nitrogen and oxygen atoms in total. The molecule has 1 aromatic heterocycles. The molecule has 94 valence electrons. The third-order valence-electron chi connectivity index (χ3n) is 2.82. The van der Waals surface area contributed by atoms with E-state index in [1.807, 2.05) is 56.3 Å². The van der Waals surface area contributed by atoms with Gasteiger partial charge in [0.1, 0.15) is 11.9 Å². The Labute approximate surface area is 108 Å². The van der Waals surface area contributed by atoms with Crippen molar-refractivity contribution in [1.82, 2.24) is 4.98 Å². The van der Waals surface area contributed by atoms with E-state index in [1.165, 1.54) is 0 Å². The molecule has 2 aromatic rings. The zero-order chi connectivity index (χ0) is 13.0. The van der Waals surface area contributed by atoms with Crippen LogP contribution in [0.5, 0.6) is 5.75 Å². The monoisotopic (exact) mass is 242 g/mol. The summed E-state index contributed by atoms with van der Waals surface area (Å²) in [5, 5.41) is 0. The van der Waals surface area contributed by atoms with Gasteiger partial charge < -0.3 is 10.5 Å². The highest BCUT2D eigenvalue weighted by atomic mass is 16.5. The lowest BCUT2D eigenvalue weighted by molar-refractivity contribution is 0.222. The summed E-state index contributed by atoms with van der Waals surface area (Å²) in [4.78, 5) is 4.28. The Balaban J connectivity index is 2.05. The maximum atomic E-state index is 5.83. The molecule has 2 unspecified atom stereocenters. The van der Waals surface area contributed by atoms with Gasteiger partial charge in [-0.05, 0) is 43.7 Å². The van der Waals surface area contributed by atoms with Gasteiger partial charge in [-0.25, -0.2) is 0 Å². The van der Waals surface area contributed by atoms with Crippen LogP contribution in [0.1, 0.15) is 37.3 Å². The molecule has 1 aromatic carbocycles. The molecule has 0 radical (unpaired) electrons. The zero-order valence-corrected chi connectivity index (χ0v) is 10.7. The normalized spacial score (nSPS) is 13.9. The van der Waals surface area contributed by atoms with E-state index in [0.717, 1.165) is 17.0 Å². The Kier molecular flexibility index (Phi) is 3.95. The van der Waals surface area contributed by atoms with Crippen LogP contribution in [0.2, 0.25) is 0 Å². The fraction of sp³-hybridized carbons (Fsp3) is 0.267. The molecule has 0 saturated carbocycles. The molecule has 0 saturated heterocycles. The van der Waals surface area contributed by atoms with E-state index in [0.29, 0.717) is 0 Å². The minimum Gasteiger partial charge on any atom is -0.484 e. The van der Waals surface area contributed by atoms with Crippen molar-refractivity contribution in [3.63, 3.8) is 0 Å². The predicted molar refractivity (Wildman–Crippen MR) is 72.3 cm³/mol. The lowest BCUT2D eigenvalue weighted by Gasteiger charge is -2.14. The van der Waals surface area contributed by atoms with Gasteiger partial charge in [0.15, 0.2) is 0 Å². The molecular weight excluding hydrogens is 224 g/mol. The summed E-state index contributed by atoms with van der Waals surface area (Å²) in [7, 11) is 0. The average molecular weight is 242 g/mol. The fourth-order valence-corrected chi connectivity index (χ4v) is 1.73. The smallest absolute Gasteiger partial charge is 0.138 e. The van der Waals surface area contributed by atoms with Crippen LogP contribution in [0.15, 0.2) is 48.7 Å². The maximum absolute atomic E-state index is 5.83. The third kappa shape index (κ3) is 3.08. The number of rotatable bonds is 4. The summed E-state index contributed by atoms with van der Waals surface area (Å²) in [6.45, 7) is 3.95. The minimum atomic E-state index is -0.0626. The van der Waals surface area contributed by atoms with Crippen LogP contribution in [0.3, 0.4) is 0 Å². The molecular formula is C15H18N2O. The van der Waals surface area contributed by atoms with Gasteiger partial charge in [0.2, 0.25) is 0 Å². The summed E-state index contributed by atoms with van der Waals surface area (Å²) >= 11 is 0. The van der Waals surface area contributed by atoms with Crippen LogP contribution in [0.25, 0.3) is 0 Å². The van der Waals surface area contributed by atoms with Crippen LogP contribution in [-0.4, -0.2) is 4.98 Å². The van der Waals surface area contributed by atoms with Gasteiger partial charge in [-0.2, -0.15) is 0 Å². The number of benzene rings is 1. The van der Waals surface area contributed by atoms with Crippen LogP contribution in [0.4, 0.5) is 0 Å². The molecule has 2 rings (SSSR count). The van der Waals surface area contributed by atoms with Crippen molar-refractivity contribution in [2.45, 2.75) is 26.0 Å². The summed E-state index contributed by atoms with van der Waals surface area (Å²) in [5.74, 6) is 0.831. The Morgan fingerprint density at radius 2 is 1.78 bits per heavy atom. The first-order chi connectivity index (χ1) is 8.66. The highest BCUT2D eigenvalue weighted by molar-refractivity contribution is 5.29. The highest BCUT2D eigenvalue weighted by Crippen LogP contribution is 2.21. The zero-order valence-electron chi connectivity index (χ0n) is 10.7. The first kappa shape index (κ1) is 12.6. The molecule has 0 fully saturated rings. The summed E-state index contributed by atoms with van der Waals surface area (Å²) < 4.78 is 5.83. The summed E-state index contributed by atoms with van der Waals surface area (Å²) in [6, 6.07) is 13.7. The lowest BCUT2D eigenvalue weighted by atomic mass is 10.1. The van der Waals surface area contributed by atoms with E-state index in [9.17, 15) is 0 Å². The van der Waals surface area contributed by atoms with Gasteiger partial charge in [-0.3, -0.25) is 4.98 Å². The van der Waals surface area contributed by atoms with E-state index in [4.69, 9.17) is 10.5 Å². The van der Waals surface area contributed by atoms with Crippen molar-refractivity contribution < 1.29 is 4.74 Å². The van der Waals surface area contributed by atoms with E-state index in [2.05, 4.69) is 4.98 Å². The van der Waals surface area contributed by atoms with Crippen LogP contribution >= 0.6 is 0 Å². The number of aromatic nitrogens is 1. The fourth-order valence-electron chi connectivity index (χ4n) is 1.73. The average Bonchev–Trinajstić information content (AvgIpc) is 2.40. The molecule has 0 spiro atoms. The molecule has 1 heterocycles. The van der Waals surface area contributed by atoms with Crippen LogP contribution in [-0.2, 0) is 0 Å². The number of nitrogens with zero attached hydrogens (tertiary/aromatic N) is 1. The second-order valence-electron chi connectivity index (χ2n) is 4.37. The van der Waals surface area contributed by atoms with E-state index < -0.39 is 0 Å². The number of ether oxygens (including phenoxy) is 1. The Hall–Kier alpha value is -1.87. The van der Waals surface area contributed by atoms with Gasteiger partial charge in [0, 0.05) is 12.2 Å². The first-order valence-electron chi connectivity index (χ1n) is 6.10. The number of nitrogens with two attached hydrogens (primary N) is 1. The first-order valence-corrected chi connectivity index (χ1v) is 6.10. The molecule has 3 heteroatoms. The Bertz CT molecular complexity index is 480. The van der Waals surface area contributed by atoms with E-state index in [-0.39, 0.29) is 12.1 Å². The van der Waals surface area contributed by atoms with Gasteiger partial charge in [0.25, 0.3) is 0 Å². The molecule has 0 bridgehead atoms. The predicted octanol–water partition coefficient (Wildman–Crippen LogP) is 3.24. The Morgan fingerprint density at radius 3 is 2.33 bits per heavy atom. The van der Waals surface area contributed by atoms with Gasteiger partial charge >= 0.3 is 0 Å². The SMILES string of the molecule is CC(N)c1ccc(OC(C)c2ccccn2)cc1. The van der Waals surface area contributed by atoms with E-state index >= 15 is 0 Å². The van der Waals surface area contributed by atoms with E-state index in [1.54, 1.807) is 6.20 Å². The molecule has 0 aliphatic heterocycles. The van der Waals surface area contributed by atoms with Crippen molar-refractivity contribution >= 4 is 0 Å². The molecule has 0 amide bonds. The van der Waals surface area contributed by atoms with Crippen LogP contribution < -0.4 is 10.5 Å². The molecule has 0 aliphatic carbocycles. The van der Waals surface area contributed by atoms with Crippen molar-refractivity contribution in [2.75, 3.05) is 0 Å². The van der Waals surface area contributed by atoms with Gasteiger partial charge in [-0.15, -0.1) is 0 Å². The maximum Gasteiger partial charge on any atom is 0.138 e. The molecule has 18 heavy (non-hydrogen) atoms. The standard InChI is InChI=1S/C15H18N2O/c1-11(16)13-6-8-14(9-7-13)18-12(2)15-5-3-4-10-17-15/h3-12H,16H2,1-2H3. The van der Waals surface area contributed by atoms with Crippen molar-refractivity contribution in [1.29, 1.82) is 0 Å². The number of hydrogen-bond donors (Lipinski definition) is 1. The second kappa shape index (κ2) is 5.65. The van der Waals surface area contributed by atoms with Gasteiger partial charge in [-0.1, -0.05) is 18.2 Å². The quantitative estimate of drug-likeness (QED) is 0.895. The Morgan fingerprint density at radius 1 is 1.06 bits per heavy atom. The molecule has 2 N–H and O–H groups in total. The van der Waals surface area contributed by atoms with Crippen LogP contribution in [0, 0.1) is 0 Å². The summed E-state index contributed by atoms with van der Waals surface area (Å²) in [5.41, 5.74) is 7.83. The minimum absolute atomic E-state index is 0.0484. The van der Waals surface area contributed by atoms with Crippen molar-refractivity contribution in [2.24, 2.45) is 5.73 Å². The van der Waals surface area contributed by atoms with Crippen molar-refractivity contribution in [3.8, 4) is 5.75 Å². The number of hydrogen-bond acceptors (Lipinski definition) is 3. The molecule has 2 atom stereocenters. The largest absolute Gasteiger partial charge is 0.484 e. The number of pyridine rings is 1.